The summed E-state index contributed by atoms with van der Waals surface area (Å²) < 4.78 is 1.94. The molecule has 6 heteroatoms. The van der Waals surface area contributed by atoms with Crippen molar-refractivity contribution in [3.8, 4) is 0 Å². The third kappa shape index (κ3) is 3.80. The summed E-state index contributed by atoms with van der Waals surface area (Å²) in [7, 11) is 1.55. The van der Waals surface area contributed by atoms with Crippen LogP contribution in [-0.4, -0.2) is 23.6 Å². The smallest absolute Gasteiger partial charge is 0.318 e. The third-order valence-electron chi connectivity index (χ3n) is 3.93. The van der Waals surface area contributed by atoms with Gasteiger partial charge in [0, 0.05) is 35.5 Å². The molecular formula is C19H20N4O2. The first kappa shape index (κ1) is 16.6. The van der Waals surface area contributed by atoms with Crippen molar-refractivity contribution >= 4 is 34.2 Å². The molecule has 0 aliphatic heterocycles. The van der Waals surface area contributed by atoms with Crippen molar-refractivity contribution in [2.75, 3.05) is 17.7 Å². The standard InChI is InChI=1S/C19H20N4O2/c1-13-11-23(17-9-4-3-8-16(13)17)12-18(24)21-14-6-5-7-15(10-14)22-19(25)20-2/h3-11H,12H2,1-2H3,(H,21,24)(H2,20,22,25). The first-order chi connectivity index (χ1) is 12.1. The molecule has 0 spiro atoms. The number of benzene rings is 2. The third-order valence-corrected chi connectivity index (χ3v) is 3.93. The van der Waals surface area contributed by atoms with Crippen LogP contribution in [-0.2, 0) is 11.3 Å². The van der Waals surface area contributed by atoms with Crippen molar-refractivity contribution < 1.29 is 9.59 Å². The zero-order valence-corrected chi connectivity index (χ0v) is 14.2. The Morgan fingerprint density at radius 3 is 2.48 bits per heavy atom. The van der Waals surface area contributed by atoms with E-state index in [0.29, 0.717) is 11.4 Å². The van der Waals surface area contributed by atoms with Gasteiger partial charge in [0.25, 0.3) is 0 Å². The highest BCUT2D eigenvalue weighted by atomic mass is 16.2. The highest BCUT2D eigenvalue weighted by Gasteiger charge is 2.09. The number of urea groups is 1. The zero-order chi connectivity index (χ0) is 17.8. The van der Waals surface area contributed by atoms with Crippen molar-refractivity contribution in [1.82, 2.24) is 9.88 Å². The summed E-state index contributed by atoms with van der Waals surface area (Å²) in [6, 6.07) is 14.7. The zero-order valence-electron chi connectivity index (χ0n) is 14.2. The number of aromatic nitrogens is 1. The number of hydrogen-bond donors (Lipinski definition) is 3. The van der Waals surface area contributed by atoms with Crippen molar-refractivity contribution in [3.63, 3.8) is 0 Å². The summed E-state index contributed by atoms with van der Waals surface area (Å²) in [5.74, 6) is -0.127. The molecule has 128 valence electrons. The maximum absolute atomic E-state index is 12.4. The molecule has 0 unspecified atom stereocenters. The monoisotopic (exact) mass is 336 g/mol. The van der Waals surface area contributed by atoms with E-state index in [1.807, 2.05) is 42.0 Å². The number of carbonyl (C=O) groups is 2. The Morgan fingerprint density at radius 2 is 1.72 bits per heavy atom. The first-order valence-electron chi connectivity index (χ1n) is 8.00. The summed E-state index contributed by atoms with van der Waals surface area (Å²) >= 11 is 0. The van der Waals surface area contributed by atoms with Gasteiger partial charge in [-0.05, 0) is 36.8 Å². The maximum atomic E-state index is 12.4. The summed E-state index contributed by atoms with van der Waals surface area (Å²) in [5.41, 5.74) is 3.41. The van der Waals surface area contributed by atoms with Crippen LogP contribution in [0.5, 0.6) is 0 Å². The lowest BCUT2D eigenvalue weighted by Gasteiger charge is -2.09. The lowest BCUT2D eigenvalue weighted by molar-refractivity contribution is -0.116. The largest absolute Gasteiger partial charge is 0.341 e. The number of nitrogens with one attached hydrogen (secondary N) is 3. The molecule has 0 bridgehead atoms. The van der Waals surface area contributed by atoms with Crippen LogP contribution in [0, 0.1) is 6.92 Å². The molecule has 0 fully saturated rings. The van der Waals surface area contributed by atoms with E-state index in [9.17, 15) is 9.59 Å². The van der Waals surface area contributed by atoms with Crippen molar-refractivity contribution in [2.24, 2.45) is 0 Å². The fourth-order valence-corrected chi connectivity index (χ4v) is 2.78. The lowest BCUT2D eigenvalue weighted by Crippen LogP contribution is -2.24. The molecule has 0 aliphatic carbocycles. The van der Waals surface area contributed by atoms with Crippen LogP contribution in [0.3, 0.4) is 0 Å². The van der Waals surface area contributed by atoms with E-state index in [4.69, 9.17) is 0 Å². The van der Waals surface area contributed by atoms with E-state index >= 15 is 0 Å². The van der Waals surface area contributed by atoms with Crippen LogP contribution < -0.4 is 16.0 Å². The van der Waals surface area contributed by atoms with E-state index in [0.717, 1.165) is 16.5 Å². The number of fused-ring (bicyclic) bond motifs is 1. The summed E-state index contributed by atoms with van der Waals surface area (Å²) in [6.45, 7) is 2.26. The lowest BCUT2D eigenvalue weighted by atomic mass is 10.2. The Labute approximate surface area is 145 Å². The Balaban J connectivity index is 1.72. The van der Waals surface area contributed by atoms with Gasteiger partial charge in [-0.2, -0.15) is 0 Å². The Morgan fingerprint density at radius 1 is 1.00 bits per heavy atom. The highest BCUT2D eigenvalue weighted by Crippen LogP contribution is 2.20. The molecule has 3 N–H and O–H groups in total. The molecule has 3 rings (SSSR count). The van der Waals surface area contributed by atoms with Gasteiger partial charge in [0.2, 0.25) is 5.91 Å². The van der Waals surface area contributed by atoms with Gasteiger partial charge in [-0.15, -0.1) is 0 Å². The second-order valence-electron chi connectivity index (χ2n) is 5.79. The van der Waals surface area contributed by atoms with Gasteiger partial charge in [0.05, 0.1) is 0 Å². The maximum Gasteiger partial charge on any atom is 0.318 e. The molecule has 0 aliphatic rings. The molecule has 3 amide bonds. The molecule has 25 heavy (non-hydrogen) atoms. The van der Waals surface area contributed by atoms with E-state index in [-0.39, 0.29) is 18.5 Å². The summed E-state index contributed by atoms with van der Waals surface area (Å²) in [4.78, 5) is 23.8. The SMILES string of the molecule is CNC(=O)Nc1cccc(NC(=O)Cn2cc(C)c3ccccc32)c1. The fraction of sp³-hybridized carbons (Fsp3) is 0.158. The fourth-order valence-electron chi connectivity index (χ4n) is 2.78. The minimum atomic E-state index is -0.308. The molecule has 2 aromatic carbocycles. The number of anilines is 2. The molecule has 0 saturated heterocycles. The number of nitrogens with zero attached hydrogens (tertiary/aromatic N) is 1. The average molecular weight is 336 g/mol. The average Bonchev–Trinajstić information content (AvgIpc) is 2.91. The minimum absolute atomic E-state index is 0.127. The number of carbonyl (C=O) groups excluding carboxylic acids is 2. The predicted molar refractivity (Wildman–Crippen MR) is 99.8 cm³/mol. The summed E-state index contributed by atoms with van der Waals surface area (Å²) in [5, 5.41) is 9.17. The van der Waals surface area contributed by atoms with Crippen molar-refractivity contribution in [2.45, 2.75) is 13.5 Å². The molecule has 0 saturated carbocycles. The topological polar surface area (TPSA) is 75.2 Å². The first-order valence-corrected chi connectivity index (χ1v) is 8.00. The van der Waals surface area contributed by atoms with E-state index < -0.39 is 0 Å². The summed E-state index contributed by atoms with van der Waals surface area (Å²) in [6.07, 6.45) is 1.98. The van der Waals surface area contributed by atoms with Crippen LogP contribution in [0.2, 0.25) is 0 Å². The Bertz CT molecular complexity index is 930. The van der Waals surface area contributed by atoms with Crippen molar-refractivity contribution in [3.05, 3.63) is 60.3 Å². The van der Waals surface area contributed by atoms with E-state index in [2.05, 4.69) is 16.0 Å². The van der Waals surface area contributed by atoms with Gasteiger partial charge in [0.15, 0.2) is 0 Å². The van der Waals surface area contributed by atoms with Crippen molar-refractivity contribution in [1.29, 1.82) is 0 Å². The molecule has 6 nitrogen and oxygen atoms in total. The number of aryl methyl sites for hydroxylation is 1. The van der Waals surface area contributed by atoms with Gasteiger partial charge in [-0.25, -0.2) is 4.79 Å². The van der Waals surface area contributed by atoms with E-state index in [1.165, 1.54) is 0 Å². The molecular weight excluding hydrogens is 316 g/mol. The molecule has 0 atom stereocenters. The number of para-hydroxylation sites is 1. The van der Waals surface area contributed by atoms with Gasteiger partial charge in [-0.3, -0.25) is 4.79 Å². The van der Waals surface area contributed by atoms with Gasteiger partial charge >= 0.3 is 6.03 Å². The second kappa shape index (κ2) is 7.09. The second-order valence-corrected chi connectivity index (χ2v) is 5.79. The molecule has 0 radical (unpaired) electrons. The van der Waals surface area contributed by atoms with Gasteiger partial charge < -0.3 is 20.5 Å². The quantitative estimate of drug-likeness (QED) is 0.683. The van der Waals surface area contributed by atoms with E-state index in [1.54, 1.807) is 31.3 Å². The Kier molecular flexibility index (Phi) is 4.70. The van der Waals surface area contributed by atoms with Crippen LogP contribution >= 0.6 is 0 Å². The van der Waals surface area contributed by atoms with Crippen LogP contribution in [0.25, 0.3) is 10.9 Å². The normalized spacial score (nSPS) is 10.5. The molecule has 1 aromatic heterocycles. The van der Waals surface area contributed by atoms with Gasteiger partial charge in [0.1, 0.15) is 6.54 Å². The van der Waals surface area contributed by atoms with Crippen LogP contribution in [0.1, 0.15) is 5.56 Å². The predicted octanol–water partition coefficient (Wildman–Crippen LogP) is 3.34. The number of hydrogen-bond acceptors (Lipinski definition) is 2. The number of rotatable bonds is 4. The van der Waals surface area contributed by atoms with Crippen LogP contribution in [0.4, 0.5) is 16.2 Å². The van der Waals surface area contributed by atoms with Gasteiger partial charge in [-0.1, -0.05) is 24.3 Å². The Hall–Kier alpha value is -3.28. The van der Waals surface area contributed by atoms with Crippen LogP contribution in [0.15, 0.2) is 54.7 Å². The minimum Gasteiger partial charge on any atom is -0.341 e. The highest BCUT2D eigenvalue weighted by molar-refractivity contribution is 5.94. The molecule has 1 heterocycles. The number of amides is 3. The molecule has 3 aromatic rings.